The zero-order valence-electron chi connectivity index (χ0n) is 11.0. The molecule has 1 saturated carbocycles. The maximum absolute atomic E-state index is 11.6. The fourth-order valence-corrected chi connectivity index (χ4v) is 2.10. The van der Waals surface area contributed by atoms with Crippen LogP contribution < -0.4 is 0 Å². The molecule has 0 bridgehead atoms. The van der Waals surface area contributed by atoms with Gasteiger partial charge in [-0.15, -0.1) is 0 Å². The molecule has 0 heterocycles. The van der Waals surface area contributed by atoms with E-state index in [9.17, 15) is 25.2 Å². The molecule has 0 amide bonds. The first-order valence-electron chi connectivity index (χ1n) is 6.33. The number of aliphatic hydroxyl groups excluding tert-OH is 3. The van der Waals surface area contributed by atoms with Crippen molar-refractivity contribution in [2.24, 2.45) is 0 Å². The molecule has 21 heavy (non-hydrogen) atoms. The summed E-state index contributed by atoms with van der Waals surface area (Å²) in [5, 5.41) is 46.9. The minimum Gasteiger partial charge on any atom is -0.504 e. The van der Waals surface area contributed by atoms with Crippen LogP contribution in [0.1, 0.15) is 12.0 Å². The molecule has 0 aliphatic heterocycles. The molecule has 114 valence electrons. The second kappa shape index (κ2) is 6.13. The lowest BCUT2D eigenvalue weighted by Crippen LogP contribution is -2.36. The molecule has 0 unspecified atom stereocenters. The number of phenolic OH excluding ortho intramolecular Hbond substituents is 2. The number of phenols is 2. The zero-order chi connectivity index (χ0) is 15.6. The van der Waals surface area contributed by atoms with Crippen LogP contribution in [-0.2, 0) is 9.53 Å². The maximum Gasteiger partial charge on any atom is 0.331 e. The van der Waals surface area contributed by atoms with E-state index in [0.717, 1.165) is 6.08 Å². The first-order chi connectivity index (χ1) is 9.88. The molecule has 0 saturated heterocycles. The Balaban J connectivity index is 1.98. The van der Waals surface area contributed by atoms with Crippen molar-refractivity contribution in [3.05, 3.63) is 29.8 Å². The Morgan fingerprint density at radius 3 is 2.43 bits per heavy atom. The second-order valence-corrected chi connectivity index (χ2v) is 4.84. The molecule has 2 rings (SSSR count). The molecule has 7 nitrogen and oxygen atoms in total. The lowest BCUT2D eigenvalue weighted by Gasteiger charge is -2.18. The number of aromatic hydroxyl groups is 2. The highest BCUT2D eigenvalue weighted by atomic mass is 16.6. The lowest BCUT2D eigenvalue weighted by molar-refractivity contribution is -0.154. The summed E-state index contributed by atoms with van der Waals surface area (Å²) in [6, 6.07) is 3.99. The van der Waals surface area contributed by atoms with Crippen LogP contribution in [0.3, 0.4) is 0 Å². The molecule has 5 N–H and O–H groups in total. The van der Waals surface area contributed by atoms with Crippen LogP contribution in [0, 0.1) is 0 Å². The molecule has 1 aromatic carbocycles. The molecular weight excluding hydrogens is 280 g/mol. The average molecular weight is 296 g/mol. The van der Waals surface area contributed by atoms with Crippen LogP contribution in [0.2, 0.25) is 0 Å². The Morgan fingerprint density at radius 1 is 1.14 bits per heavy atom. The van der Waals surface area contributed by atoms with E-state index < -0.39 is 30.4 Å². The number of esters is 1. The number of aliphatic hydroxyl groups is 3. The summed E-state index contributed by atoms with van der Waals surface area (Å²) in [4.78, 5) is 11.6. The van der Waals surface area contributed by atoms with Gasteiger partial charge in [-0.3, -0.25) is 0 Å². The van der Waals surface area contributed by atoms with Crippen LogP contribution in [0.4, 0.5) is 0 Å². The fraction of sp³-hybridized carbons (Fsp3) is 0.357. The molecule has 1 fully saturated rings. The van der Waals surface area contributed by atoms with E-state index in [1.807, 2.05) is 0 Å². The van der Waals surface area contributed by atoms with Crippen molar-refractivity contribution in [3.8, 4) is 11.5 Å². The second-order valence-electron chi connectivity index (χ2n) is 4.84. The highest BCUT2D eigenvalue weighted by Crippen LogP contribution is 2.26. The number of hydrogen-bond acceptors (Lipinski definition) is 7. The van der Waals surface area contributed by atoms with Gasteiger partial charge in [-0.25, -0.2) is 4.79 Å². The zero-order valence-corrected chi connectivity index (χ0v) is 11.0. The van der Waals surface area contributed by atoms with Gasteiger partial charge in [0.1, 0.15) is 6.10 Å². The van der Waals surface area contributed by atoms with Gasteiger partial charge < -0.3 is 30.3 Å². The first-order valence-corrected chi connectivity index (χ1v) is 6.33. The van der Waals surface area contributed by atoms with Gasteiger partial charge in [0, 0.05) is 12.5 Å². The average Bonchev–Trinajstić information content (AvgIpc) is 2.67. The van der Waals surface area contributed by atoms with Crippen LogP contribution in [0.15, 0.2) is 24.3 Å². The smallest absolute Gasteiger partial charge is 0.331 e. The predicted octanol–water partition coefficient (Wildman–Crippen LogP) is -0.491. The summed E-state index contributed by atoms with van der Waals surface area (Å²) in [5.41, 5.74) is 0.454. The van der Waals surface area contributed by atoms with Crippen molar-refractivity contribution in [2.75, 3.05) is 0 Å². The molecule has 1 aliphatic rings. The van der Waals surface area contributed by atoms with Crippen molar-refractivity contribution < 1.29 is 35.1 Å². The molecule has 7 heteroatoms. The number of carbonyl (C=O) groups is 1. The number of carbonyl (C=O) groups excluding carboxylic acids is 1. The molecule has 0 aromatic heterocycles. The van der Waals surface area contributed by atoms with E-state index in [1.165, 1.54) is 24.3 Å². The van der Waals surface area contributed by atoms with Crippen molar-refractivity contribution in [1.29, 1.82) is 0 Å². The van der Waals surface area contributed by atoms with Crippen LogP contribution in [0.5, 0.6) is 11.5 Å². The number of hydrogen-bond donors (Lipinski definition) is 5. The van der Waals surface area contributed by atoms with Crippen LogP contribution >= 0.6 is 0 Å². The predicted molar refractivity (Wildman–Crippen MR) is 71.3 cm³/mol. The Bertz CT molecular complexity index is 554. The molecular formula is C14H16O7. The SMILES string of the molecule is O=C(C=Cc1ccc(O)c(O)c1)O[C@H]1[C@H](O)[C@H](O)C[C@@H]1O. The molecule has 4 atom stereocenters. The molecule has 1 aliphatic carbocycles. The highest BCUT2D eigenvalue weighted by Gasteiger charge is 2.43. The highest BCUT2D eigenvalue weighted by molar-refractivity contribution is 5.87. The largest absolute Gasteiger partial charge is 0.504 e. The number of benzene rings is 1. The third kappa shape index (κ3) is 3.52. The van der Waals surface area contributed by atoms with E-state index >= 15 is 0 Å². The van der Waals surface area contributed by atoms with Crippen molar-refractivity contribution in [3.63, 3.8) is 0 Å². The van der Waals surface area contributed by atoms with Gasteiger partial charge in [0.25, 0.3) is 0 Å². The monoisotopic (exact) mass is 296 g/mol. The quantitative estimate of drug-likeness (QED) is 0.289. The first kappa shape index (κ1) is 15.3. The number of rotatable bonds is 3. The molecule has 0 spiro atoms. The van der Waals surface area contributed by atoms with Gasteiger partial charge in [0.2, 0.25) is 0 Å². The fourth-order valence-electron chi connectivity index (χ4n) is 2.10. The topological polar surface area (TPSA) is 127 Å². The normalized spacial score (nSPS) is 28.9. The standard InChI is InChI=1S/C14H16O7/c15-8-3-1-7(5-9(8)16)2-4-12(19)21-14-11(18)6-10(17)13(14)20/h1-5,10-11,13-18,20H,6H2/t10-,11+,13-,14-/m1/s1. The minimum absolute atomic E-state index is 0.0609. The van der Waals surface area contributed by atoms with Crippen molar-refractivity contribution in [2.45, 2.75) is 30.8 Å². The van der Waals surface area contributed by atoms with Gasteiger partial charge in [-0.05, 0) is 23.8 Å². The van der Waals surface area contributed by atoms with E-state index in [4.69, 9.17) is 9.84 Å². The van der Waals surface area contributed by atoms with Gasteiger partial charge in [-0.1, -0.05) is 6.07 Å². The van der Waals surface area contributed by atoms with E-state index in [1.54, 1.807) is 0 Å². The summed E-state index contributed by atoms with van der Waals surface area (Å²) in [6.07, 6.45) is -2.42. The Kier molecular flexibility index (Phi) is 4.46. The van der Waals surface area contributed by atoms with Gasteiger partial charge >= 0.3 is 5.97 Å². The summed E-state index contributed by atoms with van der Waals surface area (Å²) >= 11 is 0. The van der Waals surface area contributed by atoms with Gasteiger partial charge in [0.05, 0.1) is 12.2 Å². The van der Waals surface area contributed by atoms with E-state index in [-0.39, 0.29) is 17.9 Å². The minimum atomic E-state index is -1.32. The van der Waals surface area contributed by atoms with E-state index in [0.29, 0.717) is 5.56 Å². The summed E-state index contributed by atoms with van der Waals surface area (Å²) < 4.78 is 4.88. The van der Waals surface area contributed by atoms with E-state index in [2.05, 4.69) is 0 Å². The number of ether oxygens (including phenoxy) is 1. The van der Waals surface area contributed by atoms with Crippen LogP contribution in [0.25, 0.3) is 6.08 Å². The van der Waals surface area contributed by atoms with Crippen molar-refractivity contribution >= 4 is 12.0 Å². The molecule has 0 radical (unpaired) electrons. The third-order valence-electron chi connectivity index (χ3n) is 3.26. The molecule has 1 aromatic rings. The Labute approximate surface area is 120 Å². The third-order valence-corrected chi connectivity index (χ3v) is 3.26. The lowest BCUT2D eigenvalue weighted by atomic mass is 10.2. The van der Waals surface area contributed by atoms with Gasteiger partial charge in [0.15, 0.2) is 17.6 Å². The van der Waals surface area contributed by atoms with Gasteiger partial charge in [-0.2, -0.15) is 0 Å². The maximum atomic E-state index is 11.6. The van der Waals surface area contributed by atoms with Crippen LogP contribution in [-0.4, -0.2) is 55.9 Å². The van der Waals surface area contributed by atoms with Crippen molar-refractivity contribution in [1.82, 2.24) is 0 Å². The summed E-state index contributed by atoms with van der Waals surface area (Å²) in [6.45, 7) is 0. The summed E-state index contributed by atoms with van der Waals surface area (Å²) in [5.74, 6) is -1.41. The Morgan fingerprint density at radius 2 is 1.86 bits per heavy atom. The Hall–Kier alpha value is -2.09. The summed E-state index contributed by atoms with van der Waals surface area (Å²) in [7, 11) is 0.